The predicted octanol–water partition coefficient (Wildman–Crippen LogP) is 4.34. The molecule has 1 aromatic rings. The minimum Gasteiger partial charge on any atom is -0.388 e. The molecule has 0 bridgehead atoms. The minimum absolute atomic E-state index is 0.189. The van der Waals surface area contributed by atoms with Crippen LogP contribution in [0.2, 0.25) is 0 Å². The average Bonchev–Trinajstić information content (AvgIpc) is 2.72. The molecule has 2 rings (SSSR count). The van der Waals surface area contributed by atoms with Crippen LogP contribution in [0.15, 0.2) is 16.6 Å². The van der Waals surface area contributed by atoms with E-state index in [-0.39, 0.29) is 10.0 Å². The number of aliphatic hydroxyl groups excluding tert-OH is 1. The first-order chi connectivity index (χ1) is 7.96. The first-order valence-electron chi connectivity index (χ1n) is 5.77. The largest absolute Gasteiger partial charge is 0.388 e. The van der Waals surface area contributed by atoms with Gasteiger partial charge in [-0.15, -0.1) is 0 Å². The molecule has 1 N–H and O–H groups in total. The van der Waals surface area contributed by atoms with Gasteiger partial charge in [-0.25, -0.2) is 8.78 Å². The summed E-state index contributed by atoms with van der Waals surface area (Å²) >= 11 is 3.02. The van der Waals surface area contributed by atoms with Crippen LogP contribution in [-0.4, -0.2) is 5.11 Å². The van der Waals surface area contributed by atoms with Gasteiger partial charge >= 0.3 is 0 Å². The summed E-state index contributed by atoms with van der Waals surface area (Å²) in [4.78, 5) is 0. The zero-order valence-corrected chi connectivity index (χ0v) is 11.2. The molecule has 0 heterocycles. The third kappa shape index (κ3) is 2.25. The Morgan fingerprint density at radius 3 is 2.47 bits per heavy atom. The van der Waals surface area contributed by atoms with Crippen molar-refractivity contribution in [3.8, 4) is 0 Å². The van der Waals surface area contributed by atoms with Crippen LogP contribution in [0.4, 0.5) is 8.78 Å². The topological polar surface area (TPSA) is 20.2 Å². The van der Waals surface area contributed by atoms with E-state index in [9.17, 15) is 13.9 Å². The van der Waals surface area contributed by atoms with Gasteiger partial charge in [-0.3, -0.25) is 0 Å². The molecule has 1 atom stereocenters. The Morgan fingerprint density at radius 2 is 1.88 bits per heavy atom. The molecule has 0 spiro atoms. The van der Waals surface area contributed by atoms with Crippen LogP contribution in [-0.2, 0) is 0 Å². The molecule has 1 aliphatic rings. The van der Waals surface area contributed by atoms with Crippen molar-refractivity contribution in [3.05, 3.63) is 33.8 Å². The number of halogens is 3. The summed E-state index contributed by atoms with van der Waals surface area (Å²) in [5.41, 5.74) is -0.619. The molecule has 94 valence electrons. The van der Waals surface area contributed by atoms with Gasteiger partial charge in [-0.05, 0) is 46.3 Å². The molecule has 1 saturated carbocycles. The van der Waals surface area contributed by atoms with E-state index in [1.54, 1.807) is 0 Å². The van der Waals surface area contributed by atoms with Crippen LogP contribution in [0.1, 0.15) is 44.3 Å². The van der Waals surface area contributed by atoms with Gasteiger partial charge in [0.2, 0.25) is 0 Å². The van der Waals surface area contributed by atoms with Crippen molar-refractivity contribution in [3.63, 3.8) is 0 Å². The van der Waals surface area contributed by atoms with Crippen molar-refractivity contribution >= 4 is 15.9 Å². The van der Waals surface area contributed by atoms with Crippen LogP contribution < -0.4 is 0 Å². The highest BCUT2D eigenvalue weighted by molar-refractivity contribution is 9.10. The van der Waals surface area contributed by atoms with Crippen molar-refractivity contribution in [1.82, 2.24) is 0 Å². The Balaban J connectivity index is 2.43. The number of rotatable bonds is 2. The fourth-order valence-electron chi connectivity index (χ4n) is 2.60. The molecular weight excluding hydrogens is 290 g/mol. The lowest BCUT2D eigenvalue weighted by Gasteiger charge is -2.30. The van der Waals surface area contributed by atoms with E-state index in [1.165, 1.54) is 12.1 Å². The normalized spacial score (nSPS) is 20.5. The number of hydrogen-bond donors (Lipinski definition) is 1. The molecule has 4 heteroatoms. The molecule has 0 radical (unpaired) electrons. The summed E-state index contributed by atoms with van der Waals surface area (Å²) in [7, 11) is 0. The molecule has 0 saturated heterocycles. The lowest BCUT2D eigenvalue weighted by atomic mass is 9.79. The fraction of sp³-hybridized carbons (Fsp3) is 0.538. The monoisotopic (exact) mass is 304 g/mol. The lowest BCUT2D eigenvalue weighted by Crippen LogP contribution is -2.24. The second kappa shape index (κ2) is 4.65. The van der Waals surface area contributed by atoms with Crippen molar-refractivity contribution in [2.45, 2.75) is 38.7 Å². The Labute approximate surface area is 108 Å². The average molecular weight is 305 g/mol. The lowest BCUT2D eigenvalue weighted by molar-refractivity contribution is 0.0348. The van der Waals surface area contributed by atoms with Crippen LogP contribution >= 0.6 is 15.9 Å². The highest BCUT2D eigenvalue weighted by Gasteiger charge is 2.39. The van der Waals surface area contributed by atoms with Crippen LogP contribution in [0.3, 0.4) is 0 Å². The third-order valence-corrected chi connectivity index (χ3v) is 4.37. The Hall–Kier alpha value is -0.480. The highest BCUT2D eigenvalue weighted by atomic mass is 79.9. The molecule has 17 heavy (non-hydrogen) atoms. The summed E-state index contributed by atoms with van der Waals surface area (Å²) in [6.07, 6.45) is 2.54. The molecule has 1 aliphatic carbocycles. The maximum Gasteiger partial charge on any atom is 0.146 e. The van der Waals surface area contributed by atoms with E-state index in [1.807, 2.05) is 6.92 Å². The first-order valence-corrected chi connectivity index (χ1v) is 6.56. The SMILES string of the molecule is CC1(C(O)c2c(F)ccc(Br)c2F)CCCC1. The van der Waals surface area contributed by atoms with Gasteiger partial charge in [-0.2, -0.15) is 0 Å². The zero-order chi connectivity index (χ0) is 12.6. The van der Waals surface area contributed by atoms with E-state index < -0.39 is 23.2 Å². The fourth-order valence-corrected chi connectivity index (χ4v) is 2.94. The maximum atomic E-state index is 13.9. The van der Waals surface area contributed by atoms with Gasteiger partial charge < -0.3 is 5.11 Å². The molecule has 1 aromatic carbocycles. The van der Waals surface area contributed by atoms with Gasteiger partial charge in [0.1, 0.15) is 11.6 Å². The maximum absolute atomic E-state index is 13.9. The van der Waals surface area contributed by atoms with Crippen LogP contribution in [0.5, 0.6) is 0 Å². The van der Waals surface area contributed by atoms with Crippen LogP contribution in [0.25, 0.3) is 0 Å². The van der Waals surface area contributed by atoms with Crippen molar-refractivity contribution in [2.24, 2.45) is 5.41 Å². The summed E-state index contributed by atoms with van der Waals surface area (Å²) in [5.74, 6) is -1.36. The Bertz CT molecular complexity index is 428. The second-order valence-corrected chi connectivity index (χ2v) is 5.87. The van der Waals surface area contributed by atoms with Crippen LogP contribution in [0, 0.1) is 17.0 Å². The summed E-state index contributed by atoms with van der Waals surface area (Å²) in [5, 5.41) is 10.3. The van der Waals surface area contributed by atoms with E-state index in [0.29, 0.717) is 0 Å². The van der Waals surface area contributed by atoms with Gasteiger partial charge in [0.15, 0.2) is 0 Å². The van der Waals surface area contributed by atoms with Crippen molar-refractivity contribution < 1.29 is 13.9 Å². The summed E-state index contributed by atoms with van der Waals surface area (Å²) < 4.78 is 27.8. The molecule has 1 unspecified atom stereocenters. The standard InChI is InChI=1S/C13H15BrF2O/c1-13(6-2-3-7-13)12(17)10-9(15)5-4-8(14)11(10)16/h4-5,12,17H,2-3,6-7H2,1H3. The van der Waals surface area contributed by atoms with Gasteiger partial charge in [-0.1, -0.05) is 19.8 Å². The van der Waals surface area contributed by atoms with E-state index in [4.69, 9.17) is 0 Å². The molecule has 1 nitrogen and oxygen atoms in total. The van der Waals surface area contributed by atoms with Crippen molar-refractivity contribution in [2.75, 3.05) is 0 Å². The number of hydrogen-bond acceptors (Lipinski definition) is 1. The molecule has 0 aliphatic heterocycles. The summed E-state index contributed by atoms with van der Waals surface area (Å²) in [6.45, 7) is 1.89. The van der Waals surface area contributed by atoms with E-state index >= 15 is 0 Å². The quantitative estimate of drug-likeness (QED) is 0.806. The van der Waals surface area contributed by atoms with E-state index in [2.05, 4.69) is 15.9 Å². The Kier molecular flexibility index (Phi) is 3.55. The smallest absolute Gasteiger partial charge is 0.146 e. The molecule has 0 aromatic heterocycles. The first kappa shape index (κ1) is 13.0. The van der Waals surface area contributed by atoms with Gasteiger partial charge in [0, 0.05) is 0 Å². The molecule has 0 amide bonds. The van der Waals surface area contributed by atoms with E-state index in [0.717, 1.165) is 25.7 Å². The minimum atomic E-state index is -1.08. The highest BCUT2D eigenvalue weighted by Crippen LogP contribution is 2.48. The third-order valence-electron chi connectivity index (χ3n) is 3.76. The van der Waals surface area contributed by atoms with Gasteiger partial charge in [0.25, 0.3) is 0 Å². The Morgan fingerprint density at radius 1 is 1.29 bits per heavy atom. The number of aliphatic hydroxyl groups is 1. The zero-order valence-electron chi connectivity index (χ0n) is 9.64. The molecular formula is C13H15BrF2O. The molecule has 1 fully saturated rings. The predicted molar refractivity (Wildman–Crippen MR) is 65.6 cm³/mol. The van der Waals surface area contributed by atoms with Gasteiger partial charge in [0.05, 0.1) is 16.1 Å². The number of benzene rings is 1. The van der Waals surface area contributed by atoms with Crippen molar-refractivity contribution in [1.29, 1.82) is 0 Å². The summed E-state index contributed by atoms with van der Waals surface area (Å²) in [6, 6.07) is 2.50. The second-order valence-electron chi connectivity index (χ2n) is 5.02.